The van der Waals surface area contributed by atoms with Crippen LogP contribution >= 0.6 is 0 Å². The third-order valence-electron chi connectivity index (χ3n) is 2.39. The molecule has 0 saturated heterocycles. The van der Waals surface area contributed by atoms with Crippen LogP contribution in [0.5, 0.6) is 0 Å². The summed E-state index contributed by atoms with van der Waals surface area (Å²) < 4.78 is 0. The maximum absolute atomic E-state index is 5.77. The van der Waals surface area contributed by atoms with E-state index < -0.39 is 0 Å². The summed E-state index contributed by atoms with van der Waals surface area (Å²) in [7, 11) is 0. The van der Waals surface area contributed by atoms with Gasteiger partial charge in [0.1, 0.15) is 0 Å². The summed E-state index contributed by atoms with van der Waals surface area (Å²) in [6.07, 6.45) is 7.00. The third kappa shape index (κ3) is 4.41. The lowest BCUT2D eigenvalue weighted by Gasteiger charge is -2.24. The molecule has 0 aromatic heterocycles. The molecule has 1 aliphatic carbocycles. The van der Waals surface area contributed by atoms with Crippen LogP contribution in [0.1, 0.15) is 52.9 Å². The van der Waals surface area contributed by atoms with Crippen molar-refractivity contribution >= 4 is 0 Å². The lowest BCUT2D eigenvalue weighted by atomic mass is 9.85. The van der Waals surface area contributed by atoms with Crippen LogP contribution in [0.2, 0.25) is 0 Å². The Hall–Kier alpha value is -0.0400. The molecule has 0 aliphatic heterocycles. The summed E-state index contributed by atoms with van der Waals surface area (Å²) in [5, 5.41) is 0. The molecule has 2 N–H and O–H groups in total. The molecule has 68 valence electrons. The summed E-state index contributed by atoms with van der Waals surface area (Å²) in [6.45, 7) is 6.13. The smallest absolute Gasteiger partial charge is 0.00387 e. The lowest BCUT2D eigenvalue weighted by molar-refractivity contribution is 0.316. The third-order valence-corrected chi connectivity index (χ3v) is 2.39. The Kier molecular flexibility index (Phi) is 6.63. The molecule has 0 heterocycles. The van der Waals surface area contributed by atoms with Gasteiger partial charge in [0.2, 0.25) is 0 Å². The molecule has 0 aromatic rings. The average Bonchev–Trinajstić information content (AvgIpc) is 2.10. The molecule has 1 aliphatic rings. The highest BCUT2D eigenvalue weighted by molar-refractivity contribution is 4.72. The highest BCUT2D eigenvalue weighted by Crippen LogP contribution is 2.25. The SMILES string of the molecule is CC.CC(N)C1CCCCC1. The first-order valence-corrected chi connectivity index (χ1v) is 5.06. The van der Waals surface area contributed by atoms with Crippen LogP contribution in [0, 0.1) is 5.92 Å². The highest BCUT2D eigenvalue weighted by atomic mass is 14.6. The quantitative estimate of drug-likeness (QED) is 0.622. The van der Waals surface area contributed by atoms with Crippen molar-refractivity contribution in [1.82, 2.24) is 0 Å². The Bertz CT molecular complexity index is 72.9. The van der Waals surface area contributed by atoms with Crippen LogP contribution in [-0.2, 0) is 0 Å². The van der Waals surface area contributed by atoms with Crippen molar-refractivity contribution in [3.05, 3.63) is 0 Å². The van der Waals surface area contributed by atoms with Crippen molar-refractivity contribution in [3.63, 3.8) is 0 Å². The van der Waals surface area contributed by atoms with Gasteiger partial charge >= 0.3 is 0 Å². The van der Waals surface area contributed by atoms with E-state index in [0.29, 0.717) is 6.04 Å². The molecule has 0 aromatic carbocycles. The lowest BCUT2D eigenvalue weighted by Crippen LogP contribution is -2.27. The Labute approximate surface area is 71.4 Å². The van der Waals surface area contributed by atoms with Gasteiger partial charge < -0.3 is 5.73 Å². The second-order valence-electron chi connectivity index (χ2n) is 3.26. The number of hydrogen-bond acceptors (Lipinski definition) is 1. The van der Waals surface area contributed by atoms with Crippen LogP contribution < -0.4 is 5.73 Å². The number of hydrogen-bond donors (Lipinski definition) is 1. The predicted octanol–water partition coefficient (Wildman–Crippen LogP) is 2.94. The molecule has 0 radical (unpaired) electrons. The maximum Gasteiger partial charge on any atom is 0.00387 e. The van der Waals surface area contributed by atoms with Crippen LogP contribution in [0.4, 0.5) is 0 Å². The van der Waals surface area contributed by atoms with Gasteiger partial charge in [-0.3, -0.25) is 0 Å². The van der Waals surface area contributed by atoms with E-state index in [2.05, 4.69) is 6.92 Å². The maximum atomic E-state index is 5.77. The highest BCUT2D eigenvalue weighted by Gasteiger charge is 2.16. The zero-order chi connectivity index (χ0) is 8.69. The van der Waals surface area contributed by atoms with Crippen molar-refractivity contribution < 1.29 is 0 Å². The van der Waals surface area contributed by atoms with Crippen LogP contribution in [0.3, 0.4) is 0 Å². The van der Waals surface area contributed by atoms with Gasteiger partial charge in [-0.2, -0.15) is 0 Å². The molecule has 0 bridgehead atoms. The van der Waals surface area contributed by atoms with Crippen LogP contribution in [0.25, 0.3) is 0 Å². The Morgan fingerprint density at radius 3 is 1.82 bits per heavy atom. The van der Waals surface area contributed by atoms with E-state index in [1.165, 1.54) is 32.1 Å². The standard InChI is InChI=1S/C8H17N.C2H6/c1-7(9)8-5-3-2-4-6-8;1-2/h7-8H,2-6,9H2,1H3;1-2H3. The van der Waals surface area contributed by atoms with E-state index in [4.69, 9.17) is 5.73 Å². The Morgan fingerprint density at radius 1 is 1.09 bits per heavy atom. The average molecular weight is 157 g/mol. The molecule has 1 heteroatoms. The minimum Gasteiger partial charge on any atom is -0.328 e. The zero-order valence-electron chi connectivity index (χ0n) is 8.27. The number of nitrogens with two attached hydrogens (primary N) is 1. The molecule has 1 fully saturated rings. The van der Waals surface area contributed by atoms with Gasteiger partial charge in [0.05, 0.1) is 0 Å². The Morgan fingerprint density at radius 2 is 1.55 bits per heavy atom. The monoisotopic (exact) mass is 157 g/mol. The zero-order valence-corrected chi connectivity index (χ0v) is 8.27. The van der Waals surface area contributed by atoms with Crippen LogP contribution in [-0.4, -0.2) is 6.04 Å². The molecule has 0 spiro atoms. The van der Waals surface area contributed by atoms with Gasteiger partial charge in [0, 0.05) is 6.04 Å². The van der Waals surface area contributed by atoms with E-state index in [9.17, 15) is 0 Å². The van der Waals surface area contributed by atoms with Gasteiger partial charge in [0.15, 0.2) is 0 Å². The first kappa shape index (κ1) is 11.0. The second kappa shape index (κ2) is 6.66. The molecule has 1 saturated carbocycles. The van der Waals surface area contributed by atoms with E-state index in [0.717, 1.165) is 5.92 Å². The summed E-state index contributed by atoms with van der Waals surface area (Å²) in [5.74, 6) is 0.832. The minimum absolute atomic E-state index is 0.435. The molecule has 1 rings (SSSR count). The van der Waals surface area contributed by atoms with Gasteiger partial charge in [-0.25, -0.2) is 0 Å². The van der Waals surface area contributed by atoms with Gasteiger partial charge in [-0.05, 0) is 25.7 Å². The molecule has 1 unspecified atom stereocenters. The summed E-state index contributed by atoms with van der Waals surface area (Å²) >= 11 is 0. The first-order valence-electron chi connectivity index (χ1n) is 5.06. The molecular formula is C10H23N. The van der Waals surface area contributed by atoms with Crippen LogP contribution in [0.15, 0.2) is 0 Å². The molecular weight excluding hydrogens is 134 g/mol. The summed E-state index contributed by atoms with van der Waals surface area (Å²) in [6, 6.07) is 0.435. The molecule has 1 nitrogen and oxygen atoms in total. The fraction of sp³-hybridized carbons (Fsp3) is 1.00. The van der Waals surface area contributed by atoms with E-state index in [1.807, 2.05) is 13.8 Å². The molecule has 0 amide bonds. The van der Waals surface area contributed by atoms with Gasteiger partial charge in [-0.1, -0.05) is 33.1 Å². The summed E-state index contributed by atoms with van der Waals surface area (Å²) in [4.78, 5) is 0. The van der Waals surface area contributed by atoms with E-state index >= 15 is 0 Å². The first-order chi connectivity index (χ1) is 5.30. The van der Waals surface area contributed by atoms with Crippen molar-refractivity contribution in [2.45, 2.75) is 58.9 Å². The largest absolute Gasteiger partial charge is 0.328 e. The minimum atomic E-state index is 0.435. The number of rotatable bonds is 1. The van der Waals surface area contributed by atoms with Crippen molar-refractivity contribution in [2.75, 3.05) is 0 Å². The van der Waals surface area contributed by atoms with Crippen molar-refractivity contribution in [3.8, 4) is 0 Å². The summed E-state index contributed by atoms with van der Waals surface area (Å²) in [5.41, 5.74) is 5.77. The molecule has 11 heavy (non-hydrogen) atoms. The topological polar surface area (TPSA) is 26.0 Å². The molecule has 1 atom stereocenters. The van der Waals surface area contributed by atoms with Crippen molar-refractivity contribution in [2.24, 2.45) is 11.7 Å². The van der Waals surface area contributed by atoms with E-state index in [1.54, 1.807) is 0 Å². The normalized spacial score (nSPS) is 21.8. The van der Waals surface area contributed by atoms with Crippen molar-refractivity contribution in [1.29, 1.82) is 0 Å². The van der Waals surface area contributed by atoms with E-state index in [-0.39, 0.29) is 0 Å². The predicted molar refractivity (Wildman–Crippen MR) is 51.6 cm³/mol. The fourth-order valence-electron chi connectivity index (χ4n) is 1.66. The Balaban J connectivity index is 0.000000461. The fourth-order valence-corrected chi connectivity index (χ4v) is 1.66. The second-order valence-corrected chi connectivity index (χ2v) is 3.26. The van der Waals surface area contributed by atoms with Gasteiger partial charge in [-0.15, -0.1) is 0 Å². The van der Waals surface area contributed by atoms with Gasteiger partial charge in [0.25, 0.3) is 0 Å².